The number of carbonyl (C=O) groups is 1. The van der Waals surface area contributed by atoms with Crippen molar-refractivity contribution in [2.75, 3.05) is 0 Å². The molecule has 1 aromatic carbocycles. The molecule has 1 N–H and O–H groups in total. The number of ketones is 1. The topological polar surface area (TPSA) is 89.7 Å². The lowest BCUT2D eigenvalue weighted by Gasteiger charge is -2.39. The van der Waals surface area contributed by atoms with Crippen LogP contribution in [0.1, 0.15) is 59.1 Å². The van der Waals surface area contributed by atoms with Gasteiger partial charge in [0.2, 0.25) is 0 Å². The van der Waals surface area contributed by atoms with E-state index in [0.717, 1.165) is 5.56 Å². The Balaban J connectivity index is 3.09. The van der Waals surface area contributed by atoms with Crippen LogP contribution in [0, 0.1) is 16.0 Å². The molecule has 0 amide bonds. The average molecular weight is 396 g/mol. The van der Waals surface area contributed by atoms with Crippen LogP contribution in [0.2, 0.25) is 18.1 Å². The van der Waals surface area contributed by atoms with Crippen molar-refractivity contribution in [3.05, 3.63) is 39.9 Å². The summed E-state index contributed by atoms with van der Waals surface area (Å²) in [7, 11) is -2.16. The van der Waals surface area contributed by atoms with Crippen molar-refractivity contribution in [1.82, 2.24) is 0 Å². The number of nitro benzene ring substituents is 1. The van der Waals surface area contributed by atoms with Gasteiger partial charge in [-0.2, -0.15) is 0 Å². The molecule has 0 aliphatic carbocycles. The van der Waals surface area contributed by atoms with Gasteiger partial charge in [-0.05, 0) is 41.7 Å². The fourth-order valence-electron chi connectivity index (χ4n) is 2.33. The second-order valence-corrected chi connectivity index (χ2v) is 13.7. The average Bonchev–Trinajstić information content (AvgIpc) is 2.52. The first-order chi connectivity index (χ1) is 12.2. The standard InChI is InChI=1S/C20H33NO5Si/c1-14(2)18(23)12-17(22)13-19(26-27(6,7)20(3,4)5)15-8-10-16(11-9-15)21(24)25/h8-11,14,18-19,23H,12-13H2,1-7H3/t18-,19-/m0/s1. The summed E-state index contributed by atoms with van der Waals surface area (Å²) < 4.78 is 6.47. The summed E-state index contributed by atoms with van der Waals surface area (Å²) in [4.78, 5) is 23.0. The maximum absolute atomic E-state index is 12.5. The van der Waals surface area contributed by atoms with E-state index in [1.165, 1.54) is 12.1 Å². The molecule has 6 nitrogen and oxygen atoms in total. The van der Waals surface area contributed by atoms with Crippen LogP contribution < -0.4 is 0 Å². The maximum Gasteiger partial charge on any atom is 0.269 e. The van der Waals surface area contributed by atoms with Crippen molar-refractivity contribution in [3.63, 3.8) is 0 Å². The number of hydrogen-bond donors (Lipinski definition) is 1. The van der Waals surface area contributed by atoms with E-state index in [-0.39, 0.29) is 35.3 Å². The first kappa shape index (κ1) is 23.5. The van der Waals surface area contributed by atoms with Crippen LogP contribution >= 0.6 is 0 Å². The van der Waals surface area contributed by atoms with E-state index in [4.69, 9.17) is 4.43 Å². The number of rotatable bonds is 9. The van der Waals surface area contributed by atoms with Gasteiger partial charge in [0.05, 0.1) is 17.1 Å². The molecular formula is C20H33NO5Si. The first-order valence-electron chi connectivity index (χ1n) is 9.36. The van der Waals surface area contributed by atoms with Gasteiger partial charge in [0.1, 0.15) is 5.78 Å². The van der Waals surface area contributed by atoms with Crippen LogP contribution in [0.15, 0.2) is 24.3 Å². The molecular weight excluding hydrogens is 362 g/mol. The fourth-order valence-corrected chi connectivity index (χ4v) is 3.61. The highest BCUT2D eigenvalue weighted by Gasteiger charge is 2.40. The molecule has 0 aliphatic rings. The normalized spacial score (nSPS) is 14.9. The van der Waals surface area contributed by atoms with Crippen molar-refractivity contribution < 1.29 is 19.3 Å². The number of aliphatic hydroxyl groups excluding tert-OH is 1. The number of nitro groups is 1. The first-order valence-corrected chi connectivity index (χ1v) is 12.3. The maximum atomic E-state index is 12.5. The van der Waals surface area contributed by atoms with Gasteiger partial charge in [0, 0.05) is 25.0 Å². The van der Waals surface area contributed by atoms with Crippen molar-refractivity contribution >= 4 is 19.8 Å². The molecule has 152 valence electrons. The summed E-state index contributed by atoms with van der Waals surface area (Å²) in [6.07, 6.45) is -0.919. The molecule has 0 radical (unpaired) electrons. The molecule has 0 spiro atoms. The molecule has 1 rings (SSSR count). The Morgan fingerprint density at radius 2 is 1.70 bits per heavy atom. The highest BCUT2D eigenvalue weighted by Crippen LogP contribution is 2.41. The smallest absolute Gasteiger partial charge is 0.269 e. The van der Waals surface area contributed by atoms with Crippen LogP contribution in [0.4, 0.5) is 5.69 Å². The van der Waals surface area contributed by atoms with E-state index < -0.39 is 25.4 Å². The lowest BCUT2D eigenvalue weighted by Crippen LogP contribution is -2.42. The lowest BCUT2D eigenvalue weighted by atomic mass is 9.97. The van der Waals surface area contributed by atoms with Gasteiger partial charge in [-0.3, -0.25) is 14.9 Å². The zero-order valence-corrected chi connectivity index (χ0v) is 18.5. The second kappa shape index (κ2) is 9.08. The molecule has 0 saturated heterocycles. The van der Waals surface area contributed by atoms with Crippen LogP contribution in [-0.4, -0.2) is 30.2 Å². The van der Waals surface area contributed by atoms with Gasteiger partial charge in [-0.1, -0.05) is 34.6 Å². The zero-order valence-electron chi connectivity index (χ0n) is 17.5. The summed E-state index contributed by atoms with van der Waals surface area (Å²) in [5.41, 5.74) is 0.754. The quantitative estimate of drug-likeness (QED) is 0.360. The van der Waals surface area contributed by atoms with Gasteiger partial charge in [0.15, 0.2) is 8.32 Å². The Kier molecular flexibility index (Phi) is 7.89. The minimum Gasteiger partial charge on any atom is -0.409 e. The molecule has 0 fully saturated rings. The van der Waals surface area contributed by atoms with E-state index in [1.807, 2.05) is 13.8 Å². The molecule has 1 aromatic rings. The molecule has 27 heavy (non-hydrogen) atoms. The molecule has 0 heterocycles. The van der Waals surface area contributed by atoms with Gasteiger partial charge in [-0.15, -0.1) is 0 Å². The molecule has 7 heteroatoms. The van der Waals surface area contributed by atoms with E-state index in [0.29, 0.717) is 0 Å². The highest BCUT2D eigenvalue weighted by molar-refractivity contribution is 6.74. The Morgan fingerprint density at radius 3 is 2.11 bits per heavy atom. The summed E-state index contributed by atoms with van der Waals surface area (Å²) in [5, 5.41) is 20.9. The summed E-state index contributed by atoms with van der Waals surface area (Å²) in [5.74, 6) is -0.0636. The van der Waals surface area contributed by atoms with E-state index in [9.17, 15) is 20.0 Å². The fraction of sp³-hybridized carbons (Fsp3) is 0.650. The highest BCUT2D eigenvalue weighted by atomic mass is 28.4. The van der Waals surface area contributed by atoms with Gasteiger partial charge in [0.25, 0.3) is 5.69 Å². The Hall–Kier alpha value is -1.57. The number of hydrogen-bond acceptors (Lipinski definition) is 5. The third-order valence-corrected chi connectivity index (χ3v) is 9.82. The predicted molar refractivity (Wildman–Crippen MR) is 109 cm³/mol. The zero-order chi connectivity index (χ0) is 21.0. The number of carbonyl (C=O) groups excluding carboxylic acids is 1. The van der Waals surface area contributed by atoms with Crippen LogP contribution in [0.25, 0.3) is 0 Å². The minimum atomic E-state index is -2.16. The predicted octanol–water partition coefficient (Wildman–Crippen LogP) is 5.02. The Labute approximate surface area is 163 Å². The number of Topliss-reactive ketones (excluding diaryl/α,β-unsaturated/α-hetero) is 1. The Morgan fingerprint density at radius 1 is 1.19 bits per heavy atom. The number of aliphatic hydroxyl groups is 1. The molecule has 0 aromatic heterocycles. The van der Waals surface area contributed by atoms with Crippen molar-refractivity contribution in [1.29, 1.82) is 0 Å². The monoisotopic (exact) mass is 395 g/mol. The van der Waals surface area contributed by atoms with Crippen molar-refractivity contribution in [3.8, 4) is 0 Å². The van der Waals surface area contributed by atoms with Crippen LogP contribution in [-0.2, 0) is 9.22 Å². The van der Waals surface area contributed by atoms with Gasteiger partial charge >= 0.3 is 0 Å². The van der Waals surface area contributed by atoms with E-state index >= 15 is 0 Å². The van der Waals surface area contributed by atoms with Gasteiger partial charge < -0.3 is 9.53 Å². The molecule has 0 saturated carbocycles. The molecule has 0 bridgehead atoms. The van der Waals surface area contributed by atoms with Crippen molar-refractivity contribution in [2.24, 2.45) is 5.92 Å². The molecule has 0 unspecified atom stereocenters. The third kappa shape index (κ3) is 6.83. The summed E-state index contributed by atoms with van der Waals surface area (Å²) in [6.45, 7) is 14.3. The van der Waals surface area contributed by atoms with Crippen LogP contribution in [0.3, 0.4) is 0 Å². The summed E-state index contributed by atoms with van der Waals surface area (Å²) in [6, 6.07) is 6.18. The summed E-state index contributed by atoms with van der Waals surface area (Å²) >= 11 is 0. The number of non-ortho nitro benzene ring substituents is 1. The second-order valence-electron chi connectivity index (χ2n) is 8.97. The van der Waals surface area contributed by atoms with Gasteiger partial charge in [-0.25, -0.2) is 0 Å². The van der Waals surface area contributed by atoms with Crippen LogP contribution in [0.5, 0.6) is 0 Å². The SMILES string of the molecule is CC(C)[C@@H](O)CC(=O)C[C@H](O[Si](C)(C)C(C)(C)C)c1ccc([N+](=O)[O-])cc1. The number of benzene rings is 1. The number of nitrogens with zero attached hydrogens (tertiary/aromatic N) is 1. The lowest BCUT2D eigenvalue weighted by molar-refractivity contribution is -0.384. The largest absolute Gasteiger partial charge is 0.409 e. The Bertz CT molecular complexity index is 649. The van der Waals surface area contributed by atoms with E-state index in [2.05, 4.69) is 33.9 Å². The van der Waals surface area contributed by atoms with Crippen molar-refractivity contribution in [2.45, 2.75) is 77.8 Å². The molecule has 2 atom stereocenters. The van der Waals surface area contributed by atoms with E-state index in [1.54, 1.807) is 12.1 Å². The third-order valence-electron chi connectivity index (χ3n) is 5.34. The molecule has 0 aliphatic heterocycles. The minimum absolute atomic E-state index is 0.00591.